The highest BCUT2D eigenvalue weighted by Gasteiger charge is 2.17. The average Bonchev–Trinajstić information content (AvgIpc) is 2.52. The van der Waals surface area contributed by atoms with E-state index in [-0.39, 0.29) is 18.3 Å². The molecule has 0 heterocycles. The molecule has 1 unspecified atom stereocenters. The molecule has 3 aromatic rings. The maximum absolute atomic E-state index is 10.0. The van der Waals surface area contributed by atoms with E-state index in [0.717, 1.165) is 17.3 Å². The van der Waals surface area contributed by atoms with Crippen LogP contribution < -0.4 is 18.1 Å². The SMILES string of the molecule is [Cl-].[NH3+]CC(c1ccccc1)c1ccc(O)c2ccccc12. The van der Waals surface area contributed by atoms with Crippen molar-refractivity contribution >= 4 is 10.8 Å². The fourth-order valence-corrected chi connectivity index (χ4v) is 2.80. The van der Waals surface area contributed by atoms with Crippen molar-refractivity contribution in [1.29, 1.82) is 0 Å². The van der Waals surface area contributed by atoms with Crippen LogP contribution in [-0.2, 0) is 0 Å². The van der Waals surface area contributed by atoms with Gasteiger partial charge in [0.1, 0.15) is 5.75 Å². The molecular weight excluding hydrogens is 282 g/mol. The number of aromatic hydroxyl groups is 1. The van der Waals surface area contributed by atoms with Crippen molar-refractivity contribution in [2.75, 3.05) is 6.54 Å². The molecule has 0 spiro atoms. The van der Waals surface area contributed by atoms with Crippen LogP contribution >= 0.6 is 0 Å². The molecule has 0 amide bonds. The second kappa shape index (κ2) is 6.61. The quantitative estimate of drug-likeness (QED) is 0.698. The first-order valence-corrected chi connectivity index (χ1v) is 6.86. The van der Waals surface area contributed by atoms with Gasteiger partial charge in [0.25, 0.3) is 0 Å². The molecule has 0 saturated carbocycles. The van der Waals surface area contributed by atoms with Gasteiger partial charge in [-0.3, -0.25) is 0 Å². The third-order valence-electron chi connectivity index (χ3n) is 3.80. The predicted molar refractivity (Wildman–Crippen MR) is 81.7 cm³/mol. The predicted octanol–water partition coefficient (Wildman–Crippen LogP) is -0.0768. The molecule has 0 aliphatic heterocycles. The summed E-state index contributed by atoms with van der Waals surface area (Å²) in [5.41, 5.74) is 6.59. The molecule has 3 aromatic carbocycles. The number of hydrogen-bond acceptors (Lipinski definition) is 1. The lowest BCUT2D eigenvalue weighted by Crippen LogP contribution is -3.00. The molecule has 0 saturated heterocycles. The Morgan fingerprint density at radius 3 is 2.10 bits per heavy atom. The van der Waals surface area contributed by atoms with Crippen molar-refractivity contribution in [3.8, 4) is 5.75 Å². The van der Waals surface area contributed by atoms with Gasteiger partial charge in [0.15, 0.2) is 0 Å². The van der Waals surface area contributed by atoms with Crippen molar-refractivity contribution in [2.24, 2.45) is 0 Å². The van der Waals surface area contributed by atoms with Crippen LogP contribution in [-0.4, -0.2) is 11.7 Å². The van der Waals surface area contributed by atoms with E-state index in [1.165, 1.54) is 11.1 Å². The Kier molecular flexibility index (Phi) is 4.84. The van der Waals surface area contributed by atoms with Gasteiger partial charge in [0.05, 0.1) is 12.5 Å². The van der Waals surface area contributed by atoms with Gasteiger partial charge in [-0.25, -0.2) is 0 Å². The normalized spacial score (nSPS) is 11.9. The topological polar surface area (TPSA) is 47.9 Å². The van der Waals surface area contributed by atoms with Crippen LogP contribution in [0.15, 0.2) is 66.7 Å². The van der Waals surface area contributed by atoms with E-state index in [2.05, 4.69) is 36.1 Å². The number of benzene rings is 3. The van der Waals surface area contributed by atoms with E-state index in [0.29, 0.717) is 5.75 Å². The van der Waals surface area contributed by atoms with Gasteiger partial charge in [-0.15, -0.1) is 0 Å². The molecular formula is C18H18ClNO. The maximum Gasteiger partial charge on any atom is 0.123 e. The lowest BCUT2D eigenvalue weighted by molar-refractivity contribution is -0.370. The van der Waals surface area contributed by atoms with Gasteiger partial charge in [0, 0.05) is 5.39 Å². The molecule has 0 bridgehead atoms. The Morgan fingerprint density at radius 2 is 1.43 bits per heavy atom. The molecule has 0 aromatic heterocycles. The van der Waals surface area contributed by atoms with Crippen molar-refractivity contribution in [1.82, 2.24) is 0 Å². The van der Waals surface area contributed by atoms with Crippen LogP contribution in [0.25, 0.3) is 10.8 Å². The van der Waals surface area contributed by atoms with Crippen molar-refractivity contribution in [3.05, 3.63) is 77.9 Å². The number of fused-ring (bicyclic) bond motifs is 1. The van der Waals surface area contributed by atoms with Crippen LogP contribution in [0.1, 0.15) is 17.0 Å². The molecule has 0 fully saturated rings. The maximum atomic E-state index is 10.0. The number of halogens is 1. The van der Waals surface area contributed by atoms with Gasteiger partial charge >= 0.3 is 0 Å². The Morgan fingerprint density at radius 1 is 0.810 bits per heavy atom. The largest absolute Gasteiger partial charge is 1.00 e. The molecule has 3 rings (SSSR count). The third-order valence-corrected chi connectivity index (χ3v) is 3.80. The Bertz CT molecular complexity index is 728. The summed E-state index contributed by atoms with van der Waals surface area (Å²) in [6.45, 7) is 0.790. The van der Waals surface area contributed by atoms with Crippen LogP contribution in [0, 0.1) is 0 Å². The summed E-state index contributed by atoms with van der Waals surface area (Å²) in [6, 6.07) is 22.2. The van der Waals surface area contributed by atoms with E-state index in [4.69, 9.17) is 0 Å². The number of quaternary nitrogens is 1. The first kappa shape index (κ1) is 15.4. The van der Waals surface area contributed by atoms with Crippen molar-refractivity contribution < 1.29 is 23.2 Å². The fourth-order valence-electron chi connectivity index (χ4n) is 2.80. The smallest absolute Gasteiger partial charge is 0.123 e. The lowest BCUT2D eigenvalue weighted by atomic mass is 9.88. The fraction of sp³-hybridized carbons (Fsp3) is 0.111. The van der Waals surface area contributed by atoms with Crippen molar-refractivity contribution in [3.63, 3.8) is 0 Å². The zero-order valence-electron chi connectivity index (χ0n) is 11.7. The van der Waals surface area contributed by atoms with Crippen LogP contribution in [0.2, 0.25) is 0 Å². The summed E-state index contributed by atoms with van der Waals surface area (Å²) >= 11 is 0. The first-order chi connectivity index (χ1) is 9.81. The molecule has 4 N–H and O–H groups in total. The highest BCUT2D eigenvalue weighted by Crippen LogP contribution is 2.33. The van der Waals surface area contributed by atoms with Crippen LogP contribution in [0.5, 0.6) is 5.75 Å². The molecule has 0 radical (unpaired) electrons. The lowest BCUT2D eigenvalue weighted by Gasteiger charge is -2.17. The van der Waals surface area contributed by atoms with Crippen molar-refractivity contribution in [2.45, 2.75) is 5.92 Å². The zero-order valence-corrected chi connectivity index (χ0v) is 12.4. The third kappa shape index (κ3) is 2.87. The number of hydrogen-bond donors (Lipinski definition) is 2. The minimum atomic E-state index is 0. The molecule has 108 valence electrons. The molecule has 3 heteroatoms. The number of phenolic OH excluding ortho intramolecular Hbond substituents is 1. The van der Waals surface area contributed by atoms with Gasteiger partial charge in [-0.05, 0) is 22.6 Å². The minimum Gasteiger partial charge on any atom is -1.00 e. The van der Waals surface area contributed by atoms with Gasteiger partial charge < -0.3 is 23.2 Å². The van der Waals surface area contributed by atoms with E-state index >= 15 is 0 Å². The molecule has 0 aliphatic rings. The van der Waals surface area contributed by atoms with Gasteiger partial charge in [-0.2, -0.15) is 0 Å². The van der Waals surface area contributed by atoms with E-state index in [1.807, 2.05) is 30.3 Å². The van der Waals surface area contributed by atoms with E-state index in [1.54, 1.807) is 6.07 Å². The Hall–Kier alpha value is -2.03. The van der Waals surface area contributed by atoms with Gasteiger partial charge in [0.2, 0.25) is 0 Å². The standard InChI is InChI=1S/C18H17NO.ClH/c19-12-17(13-6-2-1-3-7-13)15-10-11-18(20)16-9-5-4-8-14(15)16;/h1-11,17,20H,12,19H2;1H. The summed E-state index contributed by atoms with van der Waals surface area (Å²) in [6.07, 6.45) is 0. The summed E-state index contributed by atoms with van der Waals surface area (Å²) in [7, 11) is 0. The summed E-state index contributed by atoms with van der Waals surface area (Å²) < 4.78 is 0. The molecule has 21 heavy (non-hydrogen) atoms. The van der Waals surface area contributed by atoms with E-state index in [9.17, 15) is 5.11 Å². The number of phenols is 1. The minimum absolute atomic E-state index is 0. The summed E-state index contributed by atoms with van der Waals surface area (Å²) in [5, 5.41) is 12.0. The highest BCUT2D eigenvalue weighted by molar-refractivity contribution is 5.91. The van der Waals surface area contributed by atoms with Crippen LogP contribution in [0.3, 0.4) is 0 Å². The highest BCUT2D eigenvalue weighted by atomic mass is 35.5. The Labute approximate surface area is 130 Å². The number of rotatable bonds is 3. The van der Waals surface area contributed by atoms with Gasteiger partial charge in [-0.1, -0.05) is 60.7 Å². The monoisotopic (exact) mass is 299 g/mol. The Balaban J connectivity index is 0.00000161. The summed E-state index contributed by atoms with van der Waals surface area (Å²) in [4.78, 5) is 0. The summed E-state index contributed by atoms with van der Waals surface area (Å²) in [5.74, 6) is 0.585. The average molecular weight is 300 g/mol. The zero-order chi connectivity index (χ0) is 13.9. The first-order valence-electron chi connectivity index (χ1n) is 6.86. The molecule has 2 nitrogen and oxygen atoms in total. The molecule has 1 atom stereocenters. The second-order valence-corrected chi connectivity index (χ2v) is 4.97. The van der Waals surface area contributed by atoms with Crippen LogP contribution in [0.4, 0.5) is 0 Å². The van der Waals surface area contributed by atoms with E-state index < -0.39 is 0 Å². The molecule has 0 aliphatic carbocycles. The second-order valence-electron chi connectivity index (χ2n) is 4.97.